The van der Waals surface area contributed by atoms with Crippen LogP contribution in [0.4, 0.5) is 0 Å². The lowest BCUT2D eigenvalue weighted by Crippen LogP contribution is -2.24. The van der Waals surface area contributed by atoms with Gasteiger partial charge in [-0.05, 0) is 0 Å². The molecule has 0 atom stereocenters. The average Bonchev–Trinajstić information content (AvgIpc) is 3.03. The molecule has 3 heterocycles. The monoisotopic (exact) mass is 306 g/mol. The molecule has 1 aliphatic carbocycles. The van der Waals surface area contributed by atoms with E-state index in [2.05, 4.69) is 20.2 Å². The number of ketones is 2. The Balaban J connectivity index is 1.81. The smallest absolute Gasteiger partial charge is 0.231 e. The summed E-state index contributed by atoms with van der Waals surface area (Å²) in [5.74, 6) is 0.285. The van der Waals surface area contributed by atoms with Gasteiger partial charge in [-0.15, -0.1) is 0 Å². The maximum Gasteiger partial charge on any atom is 0.231 e. The van der Waals surface area contributed by atoms with E-state index < -0.39 is 11.6 Å². The molecule has 0 saturated heterocycles. The molecule has 3 aromatic rings. The summed E-state index contributed by atoms with van der Waals surface area (Å²) < 4.78 is 10.6. The highest BCUT2D eigenvalue weighted by Gasteiger charge is 2.33. The molecule has 1 aromatic carbocycles. The van der Waals surface area contributed by atoms with Gasteiger partial charge in [0.2, 0.25) is 18.4 Å². The van der Waals surface area contributed by atoms with E-state index in [0.29, 0.717) is 22.5 Å². The fraction of sp³-hybridized carbons (Fsp3) is 0.0667. The summed E-state index contributed by atoms with van der Waals surface area (Å²) >= 11 is 0. The van der Waals surface area contributed by atoms with E-state index in [9.17, 15) is 9.59 Å². The summed E-state index contributed by atoms with van der Waals surface area (Å²) in [5.41, 5.74) is 1.32. The Bertz CT molecular complexity index is 966. The molecule has 8 nitrogen and oxygen atoms in total. The largest absolute Gasteiger partial charge is 0.454 e. The van der Waals surface area contributed by atoms with Crippen molar-refractivity contribution in [3.63, 3.8) is 0 Å². The second-order valence-corrected chi connectivity index (χ2v) is 5.09. The van der Waals surface area contributed by atoms with Gasteiger partial charge in [-0.3, -0.25) is 9.59 Å². The third kappa shape index (κ3) is 1.54. The number of hydrogen-bond acceptors (Lipinski definition) is 8. The molecule has 8 heteroatoms. The lowest BCUT2D eigenvalue weighted by Gasteiger charge is -2.15. The molecule has 0 N–H and O–H groups in total. The summed E-state index contributed by atoms with van der Waals surface area (Å²) in [7, 11) is 0. The summed E-state index contributed by atoms with van der Waals surface area (Å²) in [4.78, 5) is 33.7. The van der Waals surface area contributed by atoms with Crippen LogP contribution in [0.3, 0.4) is 0 Å². The van der Waals surface area contributed by atoms with Crippen LogP contribution in [-0.2, 0) is 0 Å². The second kappa shape index (κ2) is 4.07. The number of carbonyl (C=O) groups is 2. The third-order valence-electron chi connectivity index (χ3n) is 3.81. The van der Waals surface area contributed by atoms with E-state index in [-0.39, 0.29) is 29.3 Å². The minimum Gasteiger partial charge on any atom is -0.454 e. The van der Waals surface area contributed by atoms with Crippen molar-refractivity contribution in [1.29, 1.82) is 0 Å². The van der Waals surface area contributed by atoms with E-state index in [1.165, 1.54) is 12.4 Å². The van der Waals surface area contributed by atoms with Crippen LogP contribution < -0.4 is 9.47 Å². The first-order valence-electron chi connectivity index (χ1n) is 6.74. The molecule has 1 aliphatic heterocycles. The van der Waals surface area contributed by atoms with Crippen molar-refractivity contribution in [1.82, 2.24) is 20.2 Å². The predicted octanol–water partition coefficient (Wildman–Crippen LogP) is 0.924. The zero-order valence-electron chi connectivity index (χ0n) is 11.4. The van der Waals surface area contributed by atoms with Gasteiger partial charge in [0.1, 0.15) is 11.4 Å². The maximum atomic E-state index is 12.6. The van der Waals surface area contributed by atoms with Crippen molar-refractivity contribution in [2.75, 3.05) is 6.79 Å². The molecule has 0 amide bonds. The molecule has 0 spiro atoms. The molecular formula is C15H6N4O4. The molecule has 2 aromatic heterocycles. The molecule has 0 bridgehead atoms. The first-order chi connectivity index (χ1) is 11.2. The molecule has 110 valence electrons. The number of hydrogen-bond donors (Lipinski definition) is 0. The Morgan fingerprint density at radius 3 is 1.74 bits per heavy atom. The standard InChI is InChI=1S/C15H6N4O4/c20-14-6-3-16-17-4-7(6)15(21)13-12(14)18-8-1-10-11(23-5-22-10)2-9(8)19-13/h1-4H,5H2. The van der Waals surface area contributed by atoms with Gasteiger partial charge >= 0.3 is 0 Å². The van der Waals surface area contributed by atoms with Crippen LogP contribution in [0.1, 0.15) is 32.1 Å². The lowest BCUT2D eigenvalue weighted by molar-refractivity contribution is 0.0971. The predicted molar refractivity (Wildman–Crippen MR) is 74.6 cm³/mol. The Morgan fingerprint density at radius 1 is 0.783 bits per heavy atom. The van der Waals surface area contributed by atoms with Crippen molar-refractivity contribution >= 4 is 22.6 Å². The van der Waals surface area contributed by atoms with Gasteiger partial charge in [-0.25, -0.2) is 9.97 Å². The first-order valence-corrected chi connectivity index (χ1v) is 6.74. The normalized spacial score (nSPS) is 14.8. The van der Waals surface area contributed by atoms with Gasteiger partial charge < -0.3 is 9.47 Å². The Kier molecular flexibility index (Phi) is 2.15. The van der Waals surface area contributed by atoms with Crippen molar-refractivity contribution in [2.45, 2.75) is 0 Å². The van der Waals surface area contributed by atoms with Gasteiger partial charge in [-0.2, -0.15) is 10.2 Å². The van der Waals surface area contributed by atoms with Crippen LogP contribution in [-0.4, -0.2) is 38.5 Å². The highest BCUT2D eigenvalue weighted by molar-refractivity contribution is 6.27. The van der Waals surface area contributed by atoms with Crippen molar-refractivity contribution in [3.8, 4) is 11.5 Å². The summed E-state index contributed by atoms with van der Waals surface area (Å²) in [6.07, 6.45) is 2.54. The Hall–Kier alpha value is -3.42. The van der Waals surface area contributed by atoms with Crippen LogP contribution >= 0.6 is 0 Å². The molecular weight excluding hydrogens is 300 g/mol. The molecule has 0 fully saturated rings. The number of fused-ring (bicyclic) bond motifs is 4. The zero-order valence-corrected chi connectivity index (χ0v) is 11.4. The van der Waals surface area contributed by atoms with Gasteiger partial charge in [0, 0.05) is 12.1 Å². The third-order valence-corrected chi connectivity index (χ3v) is 3.81. The second-order valence-electron chi connectivity index (χ2n) is 5.09. The number of aromatic nitrogens is 4. The van der Waals surface area contributed by atoms with E-state index in [4.69, 9.17) is 9.47 Å². The van der Waals surface area contributed by atoms with Crippen LogP contribution in [0.2, 0.25) is 0 Å². The number of carbonyl (C=O) groups excluding carboxylic acids is 2. The fourth-order valence-electron chi connectivity index (χ4n) is 2.70. The van der Waals surface area contributed by atoms with E-state index in [1.54, 1.807) is 12.1 Å². The number of ether oxygens (including phenoxy) is 2. The van der Waals surface area contributed by atoms with Crippen LogP contribution in [0, 0.1) is 0 Å². The van der Waals surface area contributed by atoms with Gasteiger partial charge in [0.25, 0.3) is 0 Å². The summed E-state index contributed by atoms with van der Waals surface area (Å²) in [6, 6.07) is 3.28. The van der Waals surface area contributed by atoms with E-state index in [0.717, 1.165) is 0 Å². The molecule has 5 rings (SSSR count). The van der Waals surface area contributed by atoms with Gasteiger partial charge in [0.05, 0.1) is 34.6 Å². The molecule has 0 unspecified atom stereocenters. The number of benzene rings is 1. The maximum absolute atomic E-state index is 12.6. The van der Waals surface area contributed by atoms with Gasteiger partial charge in [0.15, 0.2) is 11.5 Å². The topological polar surface area (TPSA) is 104 Å². The van der Waals surface area contributed by atoms with Gasteiger partial charge in [-0.1, -0.05) is 0 Å². The Labute approximate surface area is 128 Å². The van der Waals surface area contributed by atoms with Crippen molar-refractivity contribution in [3.05, 3.63) is 47.0 Å². The van der Waals surface area contributed by atoms with Crippen LogP contribution in [0.5, 0.6) is 11.5 Å². The SMILES string of the molecule is O=C1c2cnncc2C(=O)c2nc3cc4c(cc3nc21)OCO4. The zero-order chi connectivity index (χ0) is 15.6. The number of nitrogens with zero attached hydrogens (tertiary/aromatic N) is 4. The van der Waals surface area contributed by atoms with E-state index in [1.807, 2.05) is 0 Å². The quantitative estimate of drug-likeness (QED) is 0.472. The molecule has 23 heavy (non-hydrogen) atoms. The molecule has 2 aliphatic rings. The summed E-state index contributed by atoms with van der Waals surface area (Å²) in [5, 5.41) is 7.32. The highest BCUT2D eigenvalue weighted by atomic mass is 16.7. The first kappa shape index (κ1) is 12.2. The number of rotatable bonds is 0. The minimum atomic E-state index is -0.392. The summed E-state index contributed by atoms with van der Waals surface area (Å²) in [6.45, 7) is 0.117. The highest BCUT2D eigenvalue weighted by Crippen LogP contribution is 2.36. The molecule has 0 saturated carbocycles. The van der Waals surface area contributed by atoms with Crippen molar-refractivity contribution < 1.29 is 19.1 Å². The minimum absolute atomic E-state index is 0.0156. The van der Waals surface area contributed by atoms with Crippen LogP contribution in [0.25, 0.3) is 11.0 Å². The Morgan fingerprint density at radius 2 is 1.26 bits per heavy atom. The van der Waals surface area contributed by atoms with Crippen molar-refractivity contribution in [2.24, 2.45) is 0 Å². The van der Waals surface area contributed by atoms with Crippen LogP contribution in [0.15, 0.2) is 24.5 Å². The fourth-order valence-corrected chi connectivity index (χ4v) is 2.70. The van der Waals surface area contributed by atoms with E-state index >= 15 is 0 Å². The lowest BCUT2D eigenvalue weighted by atomic mass is 9.92. The molecule has 0 radical (unpaired) electrons. The average molecular weight is 306 g/mol.